The molecule has 0 spiro atoms. The number of nitrogens with one attached hydrogen (secondary N) is 1. The first kappa shape index (κ1) is 19.9. The summed E-state index contributed by atoms with van der Waals surface area (Å²) in [6, 6.07) is 19.5. The van der Waals surface area contributed by atoms with Gasteiger partial charge in [0.2, 0.25) is 0 Å². The molecule has 0 aliphatic rings. The highest BCUT2D eigenvalue weighted by atomic mass is 32.2. The van der Waals surface area contributed by atoms with Crippen LogP contribution in [0.25, 0.3) is 0 Å². The van der Waals surface area contributed by atoms with Crippen molar-refractivity contribution in [2.45, 2.75) is 37.7 Å². The van der Waals surface area contributed by atoms with Crippen molar-refractivity contribution in [3.8, 4) is 5.75 Å². The van der Waals surface area contributed by atoms with Gasteiger partial charge >= 0.3 is 0 Å². The van der Waals surface area contributed by atoms with E-state index in [4.69, 9.17) is 4.74 Å². The predicted molar refractivity (Wildman–Crippen MR) is 111 cm³/mol. The van der Waals surface area contributed by atoms with E-state index >= 15 is 0 Å². The molecule has 1 aromatic heterocycles. The summed E-state index contributed by atoms with van der Waals surface area (Å²) in [5.41, 5.74) is 2.38. The molecule has 3 aromatic rings. The van der Waals surface area contributed by atoms with Crippen molar-refractivity contribution in [1.29, 1.82) is 0 Å². The van der Waals surface area contributed by atoms with E-state index in [1.54, 1.807) is 42.6 Å². The van der Waals surface area contributed by atoms with Crippen LogP contribution in [0.3, 0.4) is 0 Å². The smallest absolute Gasteiger partial charge is 0.261 e. The first-order valence-electron chi connectivity index (χ1n) is 9.23. The fraction of sp³-hybridized carbons (Fsp3) is 0.227. The third-order valence-electron chi connectivity index (χ3n) is 4.57. The second-order valence-corrected chi connectivity index (χ2v) is 8.30. The fourth-order valence-corrected chi connectivity index (χ4v) is 3.76. The highest BCUT2D eigenvalue weighted by molar-refractivity contribution is 7.92. The molecule has 0 fully saturated rings. The summed E-state index contributed by atoms with van der Waals surface area (Å²) in [5, 5.41) is 0. The van der Waals surface area contributed by atoms with Crippen molar-refractivity contribution in [1.82, 2.24) is 4.98 Å². The lowest BCUT2D eigenvalue weighted by Gasteiger charge is -2.12. The Morgan fingerprint density at radius 2 is 1.82 bits per heavy atom. The fourth-order valence-electron chi connectivity index (χ4n) is 2.72. The molecule has 5 nitrogen and oxygen atoms in total. The second-order valence-electron chi connectivity index (χ2n) is 6.62. The Labute approximate surface area is 166 Å². The summed E-state index contributed by atoms with van der Waals surface area (Å²) >= 11 is 0. The quantitative estimate of drug-likeness (QED) is 0.583. The molecule has 1 unspecified atom stereocenters. The molecule has 6 heteroatoms. The van der Waals surface area contributed by atoms with Crippen LogP contribution in [-0.4, -0.2) is 13.4 Å². The van der Waals surface area contributed by atoms with Gasteiger partial charge in [-0.1, -0.05) is 38.1 Å². The molecule has 0 bridgehead atoms. The number of pyridine rings is 1. The van der Waals surface area contributed by atoms with Gasteiger partial charge in [-0.25, -0.2) is 8.42 Å². The van der Waals surface area contributed by atoms with Crippen LogP contribution >= 0.6 is 0 Å². The van der Waals surface area contributed by atoms with Crippen molar-refractivity contribution in [2.24, 2.45) is 0 Å². The average Bonchev–Trinajstić information content (AvgIpc) is 2.72. The van der Waals surface area contributed by atoms with Crippen LogP contribution in [0, 0.1) is 0 Å². The Bertz CT molecular complexity index is 1000. The predicted octanol–water partition coefficient (Wildman–Crippen LogP) is 4.97. The average molecular weight is 397 g/mol. The highest BCUT2D eigenvalue weighted by Crippen LogP contribution is 2.24. The maximum absolute atomic E-state index is 12.7. The molecule has 1 heterocycles. The zero-order chi connectivity index (χ0) is 20.0. The van der Waals surface area contributed by atoms with Crippen LogP contribution in [0.15, 0.2) is 77.8 Å². The molecular weight excluding hydrogens is 372 g/mol. The lowest BCUT2D eigenvalue weighted by Crippen LogP contribution is -2.13. The van der Waals surface area contributed by atoms with Gasteiger partial charge < -0.3 is 4.74 Å². The maximum atomic E-state index is 12.7. The standard InChI is InChI=1S/C22H24N2O3S/c1-3-17(2)18-10-12-22(13-11-18)28(25,26)24-19-8-6-9-21(15-19)27-16-20-7-4-5-14-23-20/h4-15,17,24H,3,16H2,1-2H3. The van der Waals surface area contributed by atoms with Gasteiger partial charge in [0, 0.05) is 12.3 Å². The summed E-state index contributed by atoms with van der Waals surface area (Å²) in [7, 11) is -3.66. The van der Waals surface area contributed by atoms with E-state index in [1.165, 1.54) is 0 Å². The Hall–Kier alpha value is -2.86. The summed E-state index contributed by atoms with van der Waals surface area (Å²) in [6.45, 7) is 4.55. The van der Waals surface area contributed by atoms with Crippen LogP contribution in [-0.2, 0) is 16.6 Å². The monoisotopic (exact) mass is 396 g/mol. The van der Waals surface area contributed by atoms with Crippen LogP contribution in [0.4, 0.5) is 5.69 Å². The molecule has 3 rings (SSSR count). The Morgan fingerprint density at radius 1 is 1.04 bits per heavy atom. The van der Waals surface area contributed by atoms with E-state index in [-0.39, 0.29) is 4.90 Å². The number of rotatable bonds is 8. The van der Waals surface area contributed by atoms with Crippen LogP contribution < -0.4 is 9.46 Å². The summed E-state index contributed by atoms with van der Waals surface area (Å²) in [6.07, 6.45) is 2.71. The summed E-state index contributed by atoms with van der Waals surface area (Å²) in [4.78, 5) is 4.44. The van der Waals surface area contributed by atoms with Gasteiger partial charge in [0.05, 0.1) is 16.3 Å². The minimum Gasteiger partial charge on any atom is -0.487 e. The molecule has 0 radical (unpaired) electrons. The van der Waals surface area contributed by atoms with Crippen molar-refractivity contribution >= 4 is 15.7 Å². The van der Waals surface area contributed by atoms with Crippen LogP contribution in [0.5, 0.6) is 5.75 Å². The molecule has 0 saturated carbocycles. The first-order chi connectivity index (χ1) is 13.5. The van der Waals surface area contributed by atoms with Crippen LogP contribution in [0.2, 0.25) is 0 Å². The third kappa shape index (κ3) is 5.10. The van der Waals surface area contributed by atoms with Gasteiger partial charge in [0.25, 0.3) is 10.0 Å². The number of hydrogen-bond acceptors (Lipinski definition) is 4. The number of aromatic nitrogens is 1. The van der Waals surface area contributed by atoms with Crippen molar-refractivity contribution in [3.63, 3.8) is 0 Å². The van der Waals surface area contributed by atoms with Crippen molar-refractivity contribution < 1.29 is 13.2 Å². The van der Waals surface area contributed by atoms with Gasteiger partial charge in [-0.2, -0.15) is 0 Å². The molecule has 1 N–H and O–H groups in total. The Kier molecular flexibility index (Phi) is 6.31. The topological polar surface area (TPSA) is 68.3 Å². The highest BCUT2D eigenvalue weighted by Gasteiger charge is 2.15. The third-order valence-corrected chi connectivity index (χ3v) is 5.97. The molecule has 0 saturated heterocycles. The normalized spacial score (nSPS) is 12.4. The van der Waals surface area contributed by atoms with E-state index in [0.717, 1.165) is 17.7 Å². The second kappa shape index (κ2) is 8.89. The van der Waals surface area contributed by atoms with Gasteiger partial charge in [0.15, 0.2) is 0 Å². The molecule has 0 amide bonds. The largest absolute Gasteiger partial charge is 0.487 e. The molecule has 0 aliphatic heterocycles. The van der Waals surface area contributed by atoms with Crippen molar-refractivity contribution in [3.05, 3.63) is 84.2 Å². The molecule has 1 atom stereocenters. The number of ether oxygens (including phenoxy) is 1. The lowest BCUT2D eigenvalue weighted by molar-refractivity contribution is 0.301. The first-order valence-corrected chi connectivity index (χ1v) is 10.7. The van der Waals surface area contributed by atoms with E-state index in [9.17, 15) is 8.42 Å². The molecule has 0 aliphatic carbocycles. The zero-order valence-corrected chi connectivity index (χ0v) is 16.8. The Balaban J connectivity index is 1.70. The molecule has 146 valence electrons. The maximum Gasteiger partial charge on any atom is 0.261 e. The van der Waals surface area contributed by atoms with Crippen LogP contribution in [0.1, 0.15) is 37.4 Å². The minimum atomic E-state index is -3.66. The number of sulfonamides is 1. The van der Waals surface area contributed by atoms with E-state index in [1.807, 2.05) is 30.3 Å². The van der Waals surface area contributed by atoms with E-state index in [2.05, 4.69) is 23.6 Å². The SMILES string of the molecule is CCC(C)c1ccc(S(=O)(=O)Nc2cccc(OCc3ccccn3)c2)cc1. The number of anilines is 1. The lowest BCUT2D eigenvalue weighted by atomic mass is 9.99. The zero-order valence-electron chi connectivity index (χ0n) is 16.0. The van der Waals surface area contributed by atoms with Gasteiger partial charge in [0.1, 0.15) is 12.4 Å². The molecule has 2 aromatic carbocycles. The number of benzene rings is 2. The van der Waals surface area contributed by atoms with Gasteiger partial charge in [-0.15, -0.1) is 0 Å². The van der Waals surface area contributed by atoms with E-state index < -0.39 is 10.0 Å². The number of hydrogen-bond donors (Lipinski definition) is 1. The Morgan fingerprint density at radius 3 is 2.50 bits per heavy atom. The molecular formula is C22H24N2O3S. The number of nitrogens with zero attached hydrogens (tertiary/aromatic N) is 1. The summed E-state index contributed by atoms with van der Waals surface area (Å²) in [5.74, 6) is 0.968. The van der Waals surface area contributed by atoms with Gasteiger partial charge in [-0.3, -0.25) is 9.71 Å². The van der Waals surface area contributed by atoms with Crippen molar-refractivity contribution in [2.75, 3.05) is 4.72 Å². The minimum absolute atomic E-state index is 0.236. The molecule has 28 heavy (non-hydrogen) atoms. The van der Waals surface area contributed by atoms with E-state index in [0.29, 0.717) is 24.0 Å². The van der Waals surface area contributed by atoms with Gasteiger partial charge in [-0.05, 0) is 54.3 Å². The summed E-state index contributed by atoms with van der Waals surface area (Å²) < 4.78 is 33.7.